The Labute approximate surface area is 107 Å². The van der Waals surface area contributed by atoms with Gasteiger partial charge in [0.05, 0.1) is 10.6 Å². The minimum absolute atomic E-state index is 0.468. The first kappa shape index (κ1) is 11.2. The molecule has 0 unspecified atom stereocenters. The summed E-state index contributed by atoms with van der Waals surface area (Å²) in [5.74, 6) is 0. The van der Waals surface area contributed by atoms with Gasteiger partial charge in [0.25, 0.3) is 0 Å². The van der Waals surface area contributed by atoms with E-state index in [4.69, 9.17) is 16.9 Å². The third-order valence-corrected chi connectivity index (χ3v) is 3.18. The molecule has 0 atom stereocenters. The number of nitriles is 1. The lowest BCUT2D eigenvalue weighted by Gasteiger charge is -2.05. The number of benzene rings is 2. The fraction of sp³-hybridized carbons (Fsp3) is 0. The molecule has 2 aromatic carbocycles. The van der Waals surface area contributed by atoms with Crippen LogP contribution in [-0.2, 0) is 0 Å². The van der Waals surface area contributed by atoms with Crippen LogP contribution in [0, 0.1) is 11.3 Å². The summed E-state index contributed by atoms with van der Waals surface area (Å²) in [5, 5.41) is 9.36. The summed E-state index contributed by atoms with van der Waals surface area (Å²) in [4.78, 5) is 0. The second kappa shape index (κ2) is 4.69. The summed E-state index contributed by atoms with van der Waals surface area (Å²) < 4.78 is 0.723. The Hall–Kier alpha value is -1.30. The van der Waals surface area contributed by atoms with Crippen molar-refractivity contribution in [2.75, 3.05) is 0 Å². The van der Waals surface area contributed by atoms with Gasteiger partial charge in [-0.1, -0.05) is 41.9 Å². The lowest BCUT2D eigenvalue weighted by atomic mass is 10.0. The summed E-state index contributed by atoms with van der Waals surface area (Å²) in [6.07, 6.45) is 0. The molecule has 0 bridgehead atoms. The predicted octanol–water partition coefficient (Wildman–Crippen LogP) is 4.64. The summed E-state index contributed by atoms with van der Waals surface area (Å²) in [7, 11) is 0. The molecule has 0 aliphatic rings. The van der Waals surface area contributed by atoms with Crippen molar-refractivity contribution in [3.05, 3.63) is 57.5 Å². The first-order valence-electron chi connectivity index (χ1n) is 4.67. The lowest BCUT2D eigenvalue weighted by molar-refractivity contribution is 1.46. The van der Waals surface area contributed by atoms with Crippen LogP contribution in [0.5, 0.6) is 0 Å². The van der Waals surface area contributed by atoms with Gasteiger partial charge in [0, 0.05) is 4.47 Å². The minimum Gasteiger partial charge on any atom is -0.192 e. The molecule has 2 rings (SSSR count). The van der Waals surface area contributed by atoms with E-state index in [1.807, 2.05) is 36.4 Å². The lowest BCUT2D eigenvalue weighted by Crippen LogP contribution is -1.83. The van der Waals surface area contributed by atoms with Crippen molar-refractivity contribution in [2.45, 2.75) is 0 Å². The van der Waals surface area contributed by atoms with Crippen LogP contribution in [0.3, 0.4) is 0 Å². The van der Waals surface area contributed by atoms with Crippen LogP contribution in [0.2, 0.25) is 5.02 Å². The smallest absolute Gasteiger partial charge is 0.102 e. The Morgan fingerprint density at radius 1 is 1.06 bits per heavy atom. The maximum atomic E-state index is 8.90. The van der Waals surface area contributed by atoms with Gasteiger partial charge in [0.15, 0.2) is 0 Å². The first-order chi connectivity index (χ1) is 7.72. The standard InChI is InChI=1S/C13H7BrClN/c14-12-6-10(7-13(15)11(12)8-16)9-4-2-1-3-5-9/h1-7H. The zero-order valence-electron chi connectivity index (χ0n) is 8.24. The second-order valence-electron chi connectivity index (χ2n) is 3.29. The van der Waals surface area contributed by atoms with Gasteiger partial charge < -0.3 is 0 Å². The Balaban J connectivity index is 2.58. The molecule has 16 heavy (non-hydrogen) atoms. The third-order valence-electron chi connectivity index (χ3n) is 2.26. The van der Waals surface area contributed by atoms with Crippen LogP contribution < -0.4 is 0 Å². The third kappa shape index (κ3) is 2.11. The van der Waals surface area contributed by atoms with E-state index < -0.39 is 0 Å². The molecular weight excluding hydrogens is 286 g/mol. The summed E-state index contributed by atoms with van der Waals surface area (Å²) in [5.41, 5.74) is 2.55. The van der Waals surface area contributed by atoms with Gasteiger partial charge in [0.1, 0.15) is 6.07 Å². The largest absolute Gasteiger partial charge is 0.192 e. The Kier molecular flexibility index (Phi) is 3.28. The van der Waals surface area contributed by atoms with E-state index in [0.29, 0.717) is 10.6 Å². The molecule has 1 nitrogen and oxygen atoms in total. The first-order valence-corrected chi connectivity index (χ1v) is 5.84. The molecule has 2 aromatic rings. The molecular formula is C13H7BrClN. The molecule has 0 amide bonds. The average molecular weight is 293 g/mol. The van der Waals surface area contributed by atoms with Gasteiger partial charge in [-0.2, -0.15) is 5.26 Å². The molecule has 0 saturated heterocycles. The van der Waals surface area contributed by atoms with E-state index in [0.717, 1.165) is 15.6 Å². The van der Waals surface area contributed by atoms with Gasteiger partial charge in [-0.05, 0) is 39.2 Å². The van der Waals surface area contributed by atoms with E-state index in [1.54, 1.807) is 6.07 Å². The van der Waals surface area contributed by atoms with E-state index in [-0.39, 0.29) is 0 Å². The van der Waals surface area contributed by atoms with Crippen molar-refractivity contribution >= 4 is 27.5 Å². The van der Waals surface area contributed by atoms with E-state index in [9.17, 15) is 0 Å². The quantitative estimate of drug-likeness (QED) is 0.751. The maximum Gasteiger partial charge on any atom is 0.102 e. The summed E-state index contributed by atoms with van der Waals surface area (Å²) >= 11 is 9.38. The van der Waals surface area contributed by atoms with Crippen molar-refractivity contribution in [1.82, 2.24) is 0 Å². The highest BCUT2D eigenvalue weighted by molar-refractivity contribution is 9.10. The molecule has 0 aromatic heterocycles. The summed E-state index contributed by atoms with van der Waals surface area (Å²) in [6, 6.07) is 15.7. The summed E-state index contributed by atoms with van der Waals surface area (Å²) in [6.45, 7) is 0. The molecule has 78 valence electrons. The number of halogens is 2. The molecule has 0 aliphatic heterocycles. The fourth-order valence-electron chi connectivity index (χ4n) is 1.48. The van der Waals surface area contributed by atoms with Crippen LogP contribution >= 0.6 is 27.5 Å². The van der Waals surface area contributed by atoms with Gasteiger partial charge in [-0.3, -0.25) is 0 Å². The van der Waals surface area contributed by atoms with Crippen LogP contribution in [0.25, 0.3) is 11.1 Å². The average Bonchev–Trinajstić information content (AvgIpc) is 2.30. The molecule has 3 heteroatoms. The van der Waals surface area contributed by atoms with Crippen molar-refractivity contribution in [3.8, 4) is 17.2 Å². The monoisotopic (exact) mass is 291 g/mol. The molecule has 0 aliphatic carbocycles. The topological polar surface area (TPSA) is 23.8 Å². The number of hydrogen-bond acceptors (Lipinski definition) is 1. The van der Waals surface area contributed by atoms with E-state index >= 15 is 0 Å². The van der Waals surface area contributed by atoms with Crippen LogP contribution in [0.15, 0.2) is 46.9 Å². The SMILES string of the molecule is N#Cc1c(Cl)cc(-c2ccccc2)cc1Br. The molecule has 0 saturated carbocycles. The highest BCUT2D eigenvalue weighted by atomic mass is 79.9. The molecule has 0 fully saturated rings. The second-order valence-corrected chi connectivity index (χ2v) is 4.55. The normalized spacial score (nSPS) is 9.81. The van der Waals surface area contributed by atoms with Crippen LogP contribution in [0.1, 0.15) is 5.56 Å². The zero-order chi connectivity index (χ0) is 11.5. The molecule has 0 spiro atoms. The Bertz CT molecular complexity index is 535. The number of hydrogen-bond donors (Lipinski definition) is 0. The van der Waals surface area contributed by atoms with Crippen molar-refractivity contribution in [1.29, 1.82) is 5.26 Å². The maximum absolute atomic E-state index is 8.90. The van der Waals surface area contributed by atoms with Gasteiger partial charge in [-0.15, -0.1) is 0 Å². The number of nitrogens with zero attached hydrogens (tertiary/aromatic N) is 1. The van der Waals surface area contributed by atoms with E-state index in [2.05, 4.69) is 22.0 Å². The van der Waals surface area contributed by atoms with Crippen molar-refractivity contribution in [2.24, 2.45) is 0 Å². The number of rotatable bonds is 1. The van der Waals surface area contributed by atoms with Gasteiger partial charge in [-0.25, -0.2) is 0 Å². The van der Waals surface area contributed by atoms with Crippen LogP contribution in [-0.4, -0.2) is 0 Å². The highest BCUT2D eigenvalue weighted by Crippen LogP contribution is 2.31. The molecule has 0 heterocycles. The van der Waals surface area contributed by atoms with Crippen molar-refractivity contribution < 1.29 is 0 Å². The highest BCUT2D eigenvalue weighted by Gasteiger charge is 2.08. The minimum atomic E-state index is 0.468. The van der Waals surface area contributed by atoms with Crippen LogP contribution in [0.4, 0.5) is 0 Å². The molecule has 0 N–H and O–H groups in total. The zero-order valence-corrected chi connectivity index (χ0v) is 10.6. The Morgan fingerprint density at radius 3 is 2.31 bits per heavy atom. The van der Waals surface area contributed by atoms with Crippen molar-refractivity contribution in [3.63, 3.8) is 0 Å². The van der Waals surface area contributed by atoms with E-state index in [1.165, 1.54) is 0 Å². The van der Waals surface area contributed by atoms with Gasteiger partial charge >= 0.3 is 0 Å². The Morgan fingerprint density at radius 2 is 1.75 bits per heavy atom. The molecule has 0 radical (unpaired) electrons. The van der Waals surface area contributed by atoms with Gasteiger partial charge in [0.2, 0.25) is 0 Å². The fourth-order valence-corrected chi connectivity index (χ4v) is 2.40. The predicted molar refractivity (Wildman–Crippen MR) is 69.3 cm³/mol.